The van der Waals surface area contributed by atoms with Gasteiger partial charge in [-0.2, -0.15) is 0 Å². The van der Waals surface area contributed by atoms with Crippen LogP contribution in [0.3, 0.4) is 0 Å². The Balaban J connectivity index is 1.54. The number of carbonyl (C=O) groups is 1. The van der Waals surface area contributed by atoms with Crippen LogP contribution in [0.5, 0.6) is 5.75 Å². The molecule has 0 spiro atoms. The number of hydrogen-bond acceptors (Lipinski definition) is 7. The molecule has 0 bridgehead atoms. The number of pyridine rings is 1. The third kappa shape index (κ3) is 5.55. The van der Waals surface area contributed by atoms with Gasteiger partial charge < -0.3 is 4.74 Å². The largest absolute Gasteiger partial charge is 0.494 e. The van der Waals surface area contributed by atoms with Crippen molar-refractivity contribution in [1.82, 2.24) is 9.97 Å². The fraction of sp³-hybridized carbons (Fsp3) is 0.208. The minimum Gasteiger partial charge on any atom is -0.494 e. The molecular formula is C24H22ClN3O4S2. The van der Waals surface area contributed by atoms with Crippen molar-refractivity contribution >= 4 is 54.0 Å². The fourth-order valence-corrected chi connectivity index (χ4v) is 5.87. The number of fused-ring (bicyclic) bond motifs is 1. The predicted molar refractivity (Wildman–Crippen MR) is 134 cm³/mol. The summed E-state index contributed by atoms with van der Waals surface area (Å²) in [5.74, 6) is 0.269. The van der Waals surface area contributed by atoms with Crippen LogP contribution in [0.1, 0.15) is 18.4 Å². The molecule has 0 fully saturated rings. The van der Waals surface area contributed by atoms with E-state index in [1.807, 2.05) is 24.3 Å². The molecule has 0 aliphatic heterocycles. The first-order valence-electron chi connectivity index (χ1n) is 10.5. The maximum Gasteiger partial charge on any atom is 0.229 e. The second-order valence-electron chi connectivity index (χ2n) is 7.52. The number of sulfone groups is 1. The highest BCUT2D eigenvalue weighted by Gasteiger charge is 2.22. The van der Waals surface area contributed by atoms with Crippen molar-refractivity contribution in [3.8, 4) is 5.75 Å². The van der Waals surface area contributed by atoms with Gasteiger partial charge in [0.1, 0.15) is 11.3 Å². The van der Waals surface area contributed by atoms with E-state index in [1.54, 1.807) is 30.5 Å². The van der Waals surface area contributed by atoms with Crippen LogP contribution in [0.15, 0.2) is 71.9 Å². The number of benzene rings is 2. The Hall–Kier alpha value is -3.01. The van der Waals surface area contributed by atoms with E-state index in [2.05, 4.69) is 9.97 Å². The van der Waals surface area contributed by atoms with E-state index in [-0.39, 0.29) is 35.9 Å². The minimum absolute atomic E-state index is 0.0557. The molecule has 0 saturated heterocycles. The Morgan fingerprint density at radius 2 is 1.91 bits per heavy atom. The zero-order valence-corrected chi connectivity index (χ0v) is 20.7. The van der Waals surface area contributed by atoms with Gasteiger partial charge in [0.05, 0.1) is 29.0 Å². The monoisotopic (exact) mass is 515 g/mol. The number of halogens is 1. The maximum absolute atomic E-state index is 13.3. The second kappa shape index (κ2) is 10.5. The third-order valence-electron chi connectivity index (χ3n) is 5.16. The van der Waals surface area contributed by atoms with Crippen LogP contribution in [0.25, 0.3) is 10.2 Å². The molecule has 34 heavy (non-hydrogen) atoms. The van der Waals surface area contributed by atoms with Gasteiger partial charge in [-0.1, -0.05) is 35.1 Å². The number of para-hydroxylation sites is 1. The van der Waals surface area contributed by atoms with Gasteiger partial charge in [0.15, 0.2) is 15.0 Å². The van der Waals surface area contributed by atoms with Gasteiger partial charge >= 0.3 is 0 Å². The molecule has 7 nitrogen and oxygen atoms in total. The summed E-state index contributed by atoms with van der Waals surface area (Å²) in [6.07, 6.45) is 3.60. The van der Waals surface area contributed by atoms with Crippen molar-refractivity contribution in [3.63, 3.8) is 0 Å². The Kier molecular flexibility index (Phi) is 7.45. The summed E-state index contributed by atoms with van der Waals surface area (Å²) >= 11 is 7.24. The van der Waals surface area contributed by atoms with Crippen molar-refractivity contribution < 1.29 is 17.9 Å². The highest BCUT2D eigenvalue weighted by atomic mass is 35.5. The Bertz CT molecular complexity index is 1390. The molecule has 2 aromatic carbocycles. The quantitative estimate of drug-likeness (QED) is 0.306. The number of amides is 1. The van der Waals surface area contributed by atoms with Crippen molar-refractivity contribution in [3.05, 3.63) is 77.6 Å². The molecule has 0 N–H and O–H groups in total. The Labute approximate surface area is 206 Å². The van der Waals surface area contributed by atoms with Crippen LogP contribution in [0.4, 0.5) is 5.13 Å². The summed E-state index contributed by atoms with van der Waals surface area (Å²) in [5.41, 5.74) is 1.52. The van der Waals surface area contributed by atoms with E-state index < -0.39 is 9.84 Å². The summed E-state index contributed by atoms with van der Waals surface area (Å²) in [6.45, 7) is 0.277. The lowest BCUT2D eigenvalue weighted by molar-refractivity contribution is -0.118. The molecule has 0 atom stereocenters. The van der Waals surface area contributed by atoms with Crippen LogP contribution in [-0.2, 0) is 21.2 Å². The first-order valence-corrected chi connectivity index (χ1v) is 13.3. The van der Waals surface area contributed by atoms with Crippen molar-refractivity contribution in [2.45, 2.75) is 24.3 Å². The number of nitrogens with zero attached hydrogens (tertiary/aromatic N) is 3. The number of thiazole rings is 1. The molecule has 0 saturated carbocycles. The molecule has 0 radical (unpaired) electrons. The zero-order valence-electron chi connectivity index (χ0n) is 18.3. The average Bonchev–Trinajstić information content (AvgIpc) is 3.27. The molecule has 0 aliphatic rings. The van der Waals surface area contributed by atoms with Gasteiger partial charge in [0, 0.05) is 23.8 Å². The number of anilines is 1. The van der Waals surface area contributed by atoms with E-state index in [0.29, 0.717) is 21.4 Å². The first kappa shape index (κ1) is 24.1. The molecule has 0 aliphatic carbocycles. The lowest BCUT2D eigenvalue weighted by atomic mass is 10.2. The van der Waals surface area contributed by atoms with Crippen molar-refractivity contribution in [1.29, 1.82) is 0 Å². The minimum atomic E-state index is -3.52. The number of aromatic nitrogens is 2. The molecule has 1 amide bonds. The van der Waals surface area contributed by atoms with Crippen molar-refractivity contribution in [2.24, 2.45) is 0 Å². The van der Waals surface area contributed by atoms with Crippen molar-refractivity contribution in [2.75, 3.05) is 17.8 Å². The van der Waals surface area contributed by atoms with E-state index >= 15 is 0 Å². The standard InChI is InChI=1S/C24H22ClN3O4S2/c1-32-20-6-2-7-21-23(20)27-24(33-21)28(16-17-5-3-13-26-15-17)22(29)8-4-14-34(30,31)19-11-9-18(25)10-12-19/h2-3,5-7,9-13,15H,4,8,14,16H2,1H3. The van der Waals surface area contributed by atoms with Crippen LogP contribution in [0.2, 0.25) is 5.02 Å². The molecule has 2 aromatic heterocycles. The van der Waals surface area contributed by atoms with E-state index in [1.165, 1.54) is 35.6 Å². The number of rotatable bonds is 9. The Morgan fingerprint density at radius 1 is 1.12 bits per heavy atom. The Morgan fingerprint density at radius 3 is 2.62 bits per heavy atom. The van der Waals surface area contributed by atoms with Gasteiger partial charge in [-0.25, -0.2) is 13.4 Å². The molecule has 4 aromatic rings. The maximum atomic E-state index is 13.3. The normalized spacial score (nSPS) is 11.5. The predicted octanol–water partition coefficient (Wildman–Crippen LogP) is 5.14. The number of hydrogen-bond donors (Lipinski definition) is 0. The first-order chi connectivity index (χ1) is 16.4. The molecule has 0 unspecified atom stereocenters. The molecule has 176 valence electrons. The SMILES string of the molecule is COc1cccc2sc(N(Cc3cccnc3)C(=O)CCCS(=O)(=O)c3ccc(Cl)cc3)nc12. The summed E-state index contributed by atoms with van der Waals surface area (Å²) in [5, 5.41) is 0.988. The lowest BCUT2D eigenvalue weighted by Crippen LogP contribution is -2.30. The lowest BCUT2D eigenvalue weighted by Gasteiger charge is -2.20. The smallest absolute Gasteiger partial charge is 0.229 e. The van der Waals surface area contributed by atoms with E-state index in [0.717, 1.165) is 10.3 Å². The number of ether oxygens (including phenoxy) is 1. The molecule has 4 rings (SSSR count). The van der Waals surface area contributed by atoms with Crippen LogP contribution in [0, 0.1) is 0 Å². The number of methoxy groups -OCH3 is 1. The molecular weight excluding hydrogens is 494 g/mol. The van der Waals surface area contributed by atoms with Gasteiger partial charge in [0.25, 0.3) is 0 Å². The third-order valence-corrected chi connectivity index (χ3v) is 8.27. The summed E-state index contributed by atoms with van der Waals surface area (Å²) in [6, 6.07) is 15.3. The zero-order chi connectivity index (χ0) is 24.1. The van der Waals surface area contributed by atoms with E-state index in [9.17, 15) is 13.2 Å². The van der Waals surface area contributed by atoms with Gasteiger partial charge in [-0.3, -0.25) is 14.7 Å². The van der Waals surface area contributed by atoms with Crippen LogP contribution >= 0.6 is 22.9 Å². The molecule has 10 heteroatoms. The fourth-order valence-electron chi connectivity index (χ4n) is 3.44. The van der Waals surface area contributed by atoms with Gasteiger partial charge in [-0.05, 0) is 54.4 Å². The summed E-state index contributed by atoms with van der Waals surface area (Å²) in [7, 11) is -1.94. The molecule has 2 heterocycles. The van der Waals surface area contributed by atoms with Gasteiger partial charge in [-0.15, -0.1) is 0 Å². The summed E-state index contributed by atoms with van der Waals surface area (Å²) < 4.78 is 31.6. The topological polar surface area (TPSA) is 89.5 Å². The van der Waals surface area contributed by atoms with Crippen LogP contribution < -0.4 is 9.64 Å². The second-order valence-corrected chi connectivity index (χ2v) is 11.1. The number of carbonyl (C=O) groups excluding carboxylic acids is 1. The van der Waals surface area contributed by atoms with E-state index in [4.69, 9.17) is 16.3 Å². The highest BCUT2D eigenvalue weighted by Crippen LogP contribution is 2.35. The summed E-state index contributed by atoms with van der Waals surface area (Å²) in [4.78, 5) is 23.8. The highest BCUT2D eigenvalue weighted by molar-refractivity contribution is 7.91. The van der Waals surface area contributed by atoms with Crippen LogP contribution in [-0.4, -0.2) is 37.2 Å². The van der Waals surface area contributed by atoms with Gasteiger partial charge in [0.2, 0.25) is 5.91 Å². The average molecular weight is 516 g/mol.